The van der Waals surface area contributed by atoms with Crippen LogP contribution in [0.25, 0.3) is 6.08 Å². The van der Waals surface area contributed by atoms with Crippen LogP contribution < -0.4 is 5.32 Å². The molecule has 0 saturated heterocycles. The third kappa shape index (κ3) is 3.64. The number of rotatable bonds is 6. The van der Waals surface area contributed by atoms with Gasteiger partial charge in [-0.25, -0.2) is 0 Å². The Labute approximate surface area is 131 Å². The number of fused-ring (bicyclic) bond motifs is 1. The topological polar surface area (TPSA) is 72.8 Å². The second kappa shape index (κ2) is 7.68. The number of nitrogens with zero attached hydrogens (tertiary/aromatic N) is 2. The molecule has 1 aliphatic rings. The first kappa shape index (κ1) is 16.9. The van der Waals surface area contributed by atoms with E-state index in [9.17, 15) is 4.57 Å². The summed E-state index contributed by atoms with van der Waals surface area (Å²) in [5, 5.41) is 3.18. The molecule has 1 N–H and O–H groups in total. The van der Waals surface area contributed by atoms with E-state index in [4.69, 9.17) is 9.05 Å². The Hall–Kier alpha value is -1.49. The van der Waals surface area contributed by atoms with Crippen molar-refractivity contribution in [2.75, 3.05) is 20.8 Å². The van der Waals surface area contributed by atoms with Crippen LogP contribution in [0.1, 0.15) is 36.8 Å². The molecular weight excluding hydrogens is 301 g/mol. The van der Waals surface area contributed by atoms with Crippen LogP contribution >= 0.6 is 7.60 Å². The minimum Gasteiger partial charge on any atom is -0.353 e. The van der Waals surface area contributed by atoms with Crippen LogP contribution in [0.2, 0.25) is 0 Å². The maximum atomic E-state index is 12.9. The summed E-state index contributed by atoms with van der Waals surface area (Å²) < 4.78 is 23.2. The van der Waals surface area contributed by atoms with Crippen molar-refractivity contribution in [3.63, 3.8) is 0 Å². The number of aliphatic imine (C=N–C) groups is 1. The Morgan fingerprint density at radius 1 is 1.36 bits per heavy atom. The van der Waals surface area contributed by atoms with Gasteiger partial charge in [0, 0.05) is 32.5 Å². The molecule has 1 atom stereocenters. The van der Waals surface area contributed by atoms with Gasteiger partial charge in [-0.1, -0.05) is 19.4 Å². The van der Waals surface area contributed by atoms with Crippen LogP contribution in [0.15, 0.2) is 29.4 Å². The molecule has 1 aliphatic heterocycles. The highest BCUT2D eigenvalue weighted by molar-refractivity contribution is 7.54. The van der Waals surface area contributed by atoms with Gasteiger partial charge >= 0.3 is 7.60 Å². The molecule has 0 amide bonds. The van der Waals surface area contributed by atoms with Crippen molar-refractivity contribution in [2.45, 2.75) is 25.5 Å². The van der Waals surface area contributed by atoms with Crippen molar-refractivity contribution >= 4 is 19.5 Å². The van der Waals surface area contributed by atoms with E-state index >= 15 is 0 Å². The molecule has 7 heteroatoms. The zero-order chi connectivity index (χ0) is 16.0. The fourth-order valence-corrected chi connectivity index (χ4v) is 3.64. The maximum absolute atomic E-state index is 12.9. The number of pyridine rings is 1. The van der Waals surface area contributed by atoms with E-state index in [-0.39, 0.29) is 0 Å². The van der Waals surface area contributed by atoms with Crippen molar-refractivity contribution in [1.82, 2.24) is 10.3 Å². The summed E-state index contributed by atoms with van der Waals surface area (Å²) >= 11 is 0. The van der Waals surface area contributed by atoms with Gasteiger partial charge in [-0.05, 0) is 24.6 Å². The fourth-order valence-electron chi connectivity index (χ4n) is 2.21. The Balaban J connectivity index is 2.41. The minimum absolute atomic E-state index is 0.637. The zero-order valence-corrected chi connectivity index (χ0v) is 14.0. The number of hydrogen-bond acceptors (Lipinski definition) is 5. The number of amidine groups is 1. The first-order valence-electron chi connectivity index (χ1n) is 7.29. The standard InChI is InChI=1S/C15H22N3O3P/c1-4-5-10-17-14-9-8-13-12(7-6-11-16-13)15(18-14)22(19,20-2)21-3/h6-9,11,15H,4-5,10H2,1-3H3,(H,17,18). The van der Waals surface area contributed by atoms with Gasteiger partial charge in [0.05, 0.1) is 5.69 Å². The summed E-state index contributed by atoms with van der Waals surface area (Å²) in [6.45, 7) is 2.83. The molecule has 0 aliphatic carbocycles. The lowest BCUT2D eigenvalue weighted by Crippen LogP contribution is -2.27. The molecule has 22 heavy (non-hydrogen) atoms. The molecule has 1 unspecified atom stereocenters. The van der Waals surface area contributed by atoms with E-state index in [2.05, 4.69) is 22.2 Å². The van der Waals surface area contributed by atoms with Crippen molar-refractivity contribution in [3.05, 3.63) is 35.7 Å². The smallest absolute Gasteiger partial charge is 0.353 e. The van der Waals surface area contributed by atoms with E-state index in [0.717, 1.165) is 24.1 Å². The molecule has 0 aromatic carbocycles. The summed E-state index contributed by atoms with van der Waals surface area (Å²) in [4.78, 5) is 8.84. The van der Waals surface area contributed by atoms with Crippen LogP contribution in [0.3, 0.4) is 0 Å². The monoisotopic (exact) mass is 323 g/mol. The molecule has 0 radical (unpaired) electrons. The Bertz CT molecular complexity index is 608. The lowest BCUT2D eigenvalue weighted by molar-refractivity contribution is 0.263. The third-order valence-electron chi connectivity index (χ3n) is 3.47. The quantitative estimate of drug-likeness (QED) is 0.642. The Morgan fingerprint density at radius 3 is 2.82 bits per heavy atom. The van der Waals surface area contributed by atoms with Crippen LogP contribution in [0.4, 0.5) is 0 Å². The normalized spacial score (nSPS) is 19.6. The average Bonchev–Trinajstić information content (AvgIpc) is 2.75. The van der Waals surface area contributed by atoms with Gasteiger partial charge in [-0.2, -0.15) is 0 Å². The largest absolute Gasteiger partial charge is 0.356 e. The van der Waals surface area contributed by atoms with E-state index in [1.54, 1.807) is 12.3 Å². The number of hydrogen-bond donors (Lipinski definition) is 1. The fraction of sp³-hybridized carbons (Fsp3) is 0.467. The average molecular weight is 323 g/mol. The lowest BCUT2D eigenvalue weighted by atomic mass is 10.2. The van der Waals surface area contributed by atoms with Crippen molar-refractivity contribution in [3.8, 4) is 0 Å². The highest BCUT2D eigenvalue weighted by Gasteiger charge is 2.38. The van der Waals surface area contributed by atoms with Crippen LogP contribution in [0.5, 0.6) is 0 Å². The predicted octanol–water partition coefficient (Wildman–Crippen LogP) is 3.38. The molecule has 120 valence electrons. The van der Waals surface area contributed by atoms with E-state index in [1.165, 1.54) is 14.2 Å². The number of aromatic nitrogens is 1. The summed E-state index contributed by atoms with van der Waals surface area (Å²) in [5.41, 5.74) is 1.50. The van der Waals surface area contributed by atoms with Crippen molar-refractivity contribution in [2.24, 2.45) is 4.99 Å². The van der Waals surface area contributed by atoms with E-state index in [1.807, 2.05) is 18.2 Å². The maximum Gasteiger partial charge on any atom is 0.356 e. The van der Waals surface area contributed by atoms with Crippen molar-refractivity contribution in [1.29, 1.82) is 0 Å². The SMILES string of the molecule is CCCCN=C1C=Cc2ncccc2C(P(=O)(OC)OC)N1. The molecule has 0 bridgehead atoms. The molecule has 2 heterocycles. The molecular formula is C15H22N3O3P. The van der Waals surface area contributed by atoms with Gasteiger partial charge < -0.3 is 14.4 Å². The predicted molar refractivity (Wildman–Crippen MR) is 88.0 cm³/mol. The molecule has 1 aromatic rings. The van der Waals surface area contributed by atoms with Gasteiger partial charge in [0.2, 0.25) is 0 Å². The first-order valence-corrected chi connectivity index (χ1v) is 8.91. The van der Waals surface area contributed by atoms with Crippen LogP contribution in [0, 0.1) is 0 Å². The second-order valence-electron chi connectivity index (χ2n) is 4.88. The molecule has 2 rings (SSSR count). The minimum atomic E-state index is -3.37. The Morgan fingerprint density at radius 2 is 2.14 bits per heavy atom. The highest BCUT2D eigenvalue weighted by atomic mass is 31.2. The molecule has 0 spiro atoms. The van der Waals surface area contributed by atoms with Crippen LogP contribution in [-0.2, 0) is 13.6 Å². The third-order valence-corrected chi connectivity index (χ3v) is 5.53. The first-order chi connectivity index (χ1) is 10.6. The lowest BCUT2D eigenvalue weighted by Gasteiger charge is -2.25. The second-order valence-corrected chi connectivity index (χ2v) is 7.21. The summed E-state index contributed by atoms with van der Waals surface area (Å²) in [6.07, 6.45) is 7.48. The molecule has 6 nitrogen and oxygen atoms in total. The van der Waals surface area contributed by atoms with Crippen LogP contribution in [-0.4, -0.2) is 31.6 Å². The molecule has 1 aromatic heterocycles. The summed E-state index contributed by atoms with van der Waals surface area (Å²) in [6, 6.07) is 3.67. The summed E-state index contributed by atoms with van der Waals surface area (Å²) in [7, 11) is -0.599. The van der Waals surface area contributed by atoms with Gasteiger partial charge in [0.1, 0.15) is 5.84 Å². The zero-order valence-electron chi connectivity index (χ0n) is 13.2. The van der Waals surface area contributed by atoms with Crippen molar-refractivity contribution < 1.29 is 13.6 Å². The number of nitrogens with one attached hydrogen (secondary N) is 1. The van der Waals surface area contributed by atoms with Gasteiger partial charge in [-0.15, -0.1) is 0 Å². The summed E-state index contributed by atoms with van der Waals surface area (Å²) in [5.74, 6) is 0.0207. The Kier molecular flexibility index (Phi) is 5.89. The van der Waals surface area contributed by atoms with E-state index in [0.29, 0.717) is 12.4 Å². The molecule has 0 fully saturated rings. The van der Waals surface area contributed by atoms with Gasteiger partial charge in [0.15, 0.2) is 5.78 Å². The van der Waals surface area contributed by atoms with Gasteiger partial charge in [-0.3, -0.25) is 14.5 Å². The van der Waals surface area contributed by atoms with Gasteiger partial charge in [0.25, 0.3) is 0 Å². The van der Waals surface area contributed by atoms with E-state index < -0.39 is 13.4 Å². The highest BCUT2D eigenvalue weighted by Crippen LogP contribution is 2.59. The molecule has 0 saturated carbocycles. The number of unbranched alkanes of at least 4 members (excludes halogenated alkanes) is 1.